The molecule has 1 saturated carbocycles. The van der Waals surface area contributed by atoms with E-state index in [2.05, 4.69) is 10.3 Å². The first-order chi connectivity index (χ1) is 8.70. The maximum absolute atomic E-state index is 10.0. The molecule has 0 bridgehead atoms. The van der Waals surface area contributed by atoms with Gasteiger partial charge in [0.15, 0.2) is 0 Å². The van der Waals surface area contributed by atoms with Gasteiger partial charge in [0.25, 0.3) is 0 Å². The SMILES string of the molecule is N#Cc1cnc(NC2CCCCCC2O)c(N)c1. The van der Waals surface area contributed by atoms with E-state index in [0.29, 0.717) is 17.1 Å². The van der Waals surface area contributed by atoms with Crippen molar-refractivity contribution in [1.29, 1.82) is 5.26 Å². The van der Waals surface area contributed by atoms with Crippen LogP contribution in [-0.2, 0) is 0 Å². The fourth-order valence-electron chi connectivity index (χ4n) is 2.30. The summed E-state index contributed by atoms with van der Waals surface area (Å²) >= 11 is 0. The number of aliphatic hydroxyl groups excluding tert-OH is 1. The van der Waals surface area contributed by atoms with Crippen LogP contribution in [0.5, 0.6) is 0 Å². The van der Waals surface area contributed by atoms with Gasteiger partial charge in [0.05, 0.1) is 23.4 Å². The number of nitrogens with zero attached hydrogens (tertiary/aromatic N) is 2. The highest BCUT2D eigenvalue weighted by Crippen LogP contribution is 2.23. The zero-order valence-electron chi connectivity index (χ0n) is 10.3. The van der Waals surface area contributed by atoms with Gasteiger partial charge in [0.1, 0.15) is 11.9 Å². The molecule has 2 rings (SSSR count). The Hall–Kier alpha value is -1.80. The van der Waals surface area contributed by atoms with Crippen molar-refractivity contribution in [2.24, 2.45) is 0 Å². The molecule has 0 aliphatic heterocycles. The molecule has 1 aliphatic carbocycles. The van der Waals surface area contributed by atoms with Crippen LogP contribution < -0.4 is 11.1 Å². The summed E-state index contributed by atoms with van der Waals surface area (Å²) in [6.45, 7) is 0. The van der Waals surface area contributed by atoms with Crippen LogP contribution in [0.2, 0.25) is 0 Å². The minimum Gasteiger partial charge on any atom is -0.396 e. The minimum atomic E-state index is -0.357. The lowest BCUT2D eigenvalue weighted by Crippen LogP contribution is -2.33. The molecule has 0 aromatic carbocycles. The Morgan fingerprint density at radius 1 is 1.39 bits per heavy atom. The van der Waals surface area contributed by atoms with Crippen LogP contribution in [0.1, 0.15) is 37.7 Å². The van der Waals surface area contributed by atoms with Crippen LogP contribution in [-0.4, -0.2) is 22.2 Å². The third-order valence-electron chi connectivity index (χ3n) is 3.35. The van der Waals surface area contributed by atoms with Crippen LogP contribution >= 0.6 is 0 Å². The number of anilines is 2. The zero-order chi connectivity index (χ0) is 13.0. The number of aromatic nitrogens is 1. The van der Waals surface area contributed by atoms with Crippen molar-refractivity contribution in [2.45, 2.75) is 44.2 Å². The van der Waals surface area contributed by atoms with Crippen molar-refractivity contribution in [3.8, 4) is 6.07 Å². The second-order valence-corrected chi connectivity index (χ2v) is 4.73. The summed E-state index contributed by atoms with van der Waals surface area (Å²) < 4.78 is 0. The third-order valence-corrected chi connectivity index (χ3v) is 3.35. The van der Waals surface area contributed by atoms with Crippen LogP contribution in [0.4, 0.5) is 11.5 Å². The molecule has 2 atom stereocenters. The van der Waals surface area contributed by atoms with E-state index >= 15 is 0 Å². The van der Waals surface area contributed by atoms with Gasteiger partial charge in [0, 0.05) is 6.20 Å². The average molecular weight is 246 g/mol. The van der Waals surface area contributed by atoms with Gasteiger partial charge in [-0.1, -0.05) is 19.3 Å². The summed E-state index contributed by atoms with van der Waals surface area (Å²) in [5.74, 6) is 0.556. The van der Waals surface area contributed by atoms with Gasteiger partial charge in [-0.3, -0.25) is 0 Å². The molecule has 96 valence electrons. The van der Waals surface area contributed by atoms with E-state index in [4.69, 9.17) is 11.0 Å². The van der Waals surface area contributed by atoms with E-state index in [-0.39, 0.29) is 12.1 Å². The first kappa shape index (κ1) is 12.7. The van der Waals surface area contributed by atoms with Crippen molar-refractivity contribution in [1.82, 2.24) is 4.98 Å². The first-order valence-electron chi connectivity index (χ1n) is 6.31. The molecular formula is C13H18N4O. The number of hydrogen-bond donors (Lipinski definition) is 3. The smallest absolute Gasteiger partial charge is 0.149 e. The van der Waals surface area contributed by atoms with Gasteiger partial charge >= 0.3 is 0 Å². The van der Waals surface area contributed by atoms with E-state index in [1.165, 1.54) is 6.20 Å². The standard InChI is InChI=1S/C13H18N4O/c14-7-9-6-10(15)13(16-8-9)17-11-4-2-1-3-5-12(11)18/h6,8,11-12,18H,1-5,15H2,(H,16,17). The minimum absolute atomic E-state index is 0.00441. The Bertz CT molecular complexity index is 455. The van der Waals surface area contributed by atoms with E-state index < -0.39 is 0 Å². The Kier molecular flexibility index (Phi) is 4.00. The highest BCUT2D eigenvalue weighted by molar-refractivity contribution is 5.63. The number of aliphatic hydroxyl groups is 1. The average Bonchev–Trinajstić information content (AvgIpc) is 2.57. The molecule has 0 spiro atoms. The second-order valence-electron chi connectivity index (χ2n) is 4.73. The number of hydrogen-bond acceptors (Lipinski definition) is 5. The van der Waals surface area contributed by atoms with Gasteiger partial charge in [-0.15, -0.1) is 0 Å². The third kappa shape index (κ3) is 2.90. The fourth-order valence-corrected chi connectivity index (χ4v) is 2.30. The van der Waals surface area contributed by atoms with Crippen molar-refractivity contribution >= 4 is 11.5 Å². The predicted octanol–water partition coefficient (Wildman–Crippen LogP) is 1.64. The molecule has 1 fully saturated rings. The van der Waals surface area contributed by atoms with E-state index in [9.17, 15) is 5.11 Å². The monoisotopic (exact) mass is 246 g/mol. The van der Waals surface area contributed by atoms with Crippen molar-refractivity contribution in [2.75, 3.05) is 11.1 Å². The molecule has 5 nitrogen and oxygen atoms in total. The largest absolute Gasteiger partial charge is 0.396 e. The van der Waals surface area contributed by atoms with Crippen molar-refractivity contribution < 1.29 is 5.11 Å². The van der Waals surface area contributed by atoms with E-state index in [1.54, 1.807) is 6.07 Å². The highest BCUT2D eigenvalue weighted by atomic mass is 16.3. The molecule has 5 heteroatoms. The molecule has 1 aliphatic rings. The van der Waals surface area contributed by atoms with Crippen LogP contribution in [0.3, 0.4) is 0 Å². The number of rotatable bonds is 2. The molecule has 0 radical (unpaired) electrons. The molecule has 0 saturated heterocycles. The normalized spacial score (nSPS) is 24.0. The second kappa shape index (κ2) is 5.69. The van der Waals surface area contributed by atoms with E-state index in [0.717, 1.165) is 32.1 Å². The van der Waals surface area contributed by atoms with Crippen LogP contribution in [0.25, 0.3) is 0 Å². The van der Waals surface area contributed by atoms with Crippen molar-refractivity contribution in [3.05, 3.63) is 17.8 Å². The number of nitrogens with two attached hydrogens (primary N) is 1. The molecular weight excluding hydrogens is 228 g/mol. The first-order valence-corrected chi connectivity index (χ1v) is 6.31. The summed E-state index contributed by atoms with van der Waals surface area (Å²) in [4.78, 5) is 4.14. The maximum Gasteiger partial charge on any atom is 0.149 e. The lowest BCUT2D eigenvalue weighted by atomic mass is 10.1. The Morgan fingerprint density at radius 2 is 2.17 bits per heavy atom. The summed E-state index contributed by atoms with van der Waals surface area (Å²) in [5, 5.41) is 22.0. The van der Waals surface area contributed by atoms with Gasteiger partial charge < -0.3 is 16.2 Å². The van der Waals surface area contributed by atoms with Crippen molar-refractivity contribution in [3.63, 3.8) is 0 Å². The zero-order valence-corrected chi connectivity index (χ0v) is 10.3. The molecule has 1 aromatic rings. The summed E-state index contributed by atoms with van der Waals surface area (Å²) in [6.07, 6.45) is 6.19. The fraction of sp³-hybridized carbons (Fsp3) is 0.538. The Balaban J connectivity index is 2.10. The summed E-state index contributed by atoms with van der Waals surface area (Å²) in [7, 11) is 0. The Morgan fingerprint density at radius 3 is 2.89 bits per heavy atom. The quantitative estimate of drug-likeness (QED) is 0.689. The number of nitrogens with one attached hydrogen (secondary N) is 1. The van der Waals surface area contributed by atoms with Gasteiger partial charge in [-0.05, 0) is 18.9 Å². The number of nitrogen functional groups attached to an aromatic ring is 1. The van der Waals surface area contributed by atoms with Gasteiger partial charge in [-0.2, -0.15) is 5.26 Å². The van der Waals surface area contributed by atoms with Crippen LogP contribution in [0, 0.1) is 11.3 Å². The number of nitriles is 1. The van der Waals surface area contributed by atoms with Gasteiger partial charge in [-0.25, -0.2) is 4.98 Å². The molecule has 4 N–H and O–H groups in total. The highest BCUT2D eigenvalue weighted by Gasteiger charge is 2.22. The van der Waals surface area contributed by atoms with Gasteiger partial charge in [0.2, 0.25) is 0 Å². The molecule has 1 heterocycles. The lowest BCUT2D eigenvalue weighted by molar-refractivity contribution is 0.144. The summed E-state index contributed by atoms with van der Waals surface area (Å²) in [5.41, 5.74) is 6.73. The predicted molar refractivity (Wildman–Crippen MR) is 69.9 cm³/mol. The topological polar surface area (TPSA) is 95.0 Å². The molecule has 1 aromatic heterocycles. The summed E-state index contributed by atoms with van der Waals surface area (Å²) in [6, 6.07) is 3.59. The maximum atomic E-state index is 10.0. The number of pyridine rings is 1. The Labute approximate surface area is 107 Å². The van der Waals surface area contributed by atoms with E-state index in [1.807, 2.05) is 6.07 Å². The molecule has 2 unspecified atom stereocenters. The molecule has 0 amide bonds. The lowest BCUT2D eigenvalue weighted by Gasteiger charge is -2.23. The van der Waals surface area contributed by atoms with Crippen LogP contribution in [0.15, 0.2) is 12.3 Å². The molecule has 18 heavy (non-hydrogen) atoms.